The van der Waals surface area contributed by atoms with E-state index in [9.17, 15) is 0 Å². The van der Waals surface area contributed by atoms with Crippen molar-refractivity contribution in [3.63, 3.8) is 0 Å². The van der Waals surface area contributed by atoms with Crippen molar-refractivity contribution >= 4 is 0 Å². The van der Waals surface area contributed by atoms with Crippen LogP contribution in [-0.2, 0) is 11.3 Å². The average molecular weight is 253 g/mol. The number of ether oxygens (including phenoxy) is 1. The van der Waals surface area contributed by atoms with Gasteiger partial charge in [-0.05, 0) is 20.3 Å². The monoisotopic (exact) mass is 253 g/mol. The van der Waals surface area contributed by atoms with Crippen LogP contribution in [0.15, 0.2) is 12.4 Å². The van der Waals surface area contributed by atoms with Crippen molar-refractivity contribution in [3.05, 3.63) is 18.2 Å². The second kappa shape index (κ2) is 6.90. The van der Waals surface area contributed by atoms with E-state index in [1.54, 1.807) is 7.11 Å². The van der Waals surface area contributed by atoms with Crippen molar-refractivity contribution in [2.75, 3.05) is 20.3 Å². The highest BCUT2D eigenvalue weighted by atomic mass is 16.5. The van der Waals surface area contributed by atoms with Gasteiger partial charge in [0, 0.05) is 44.0 Å². The molecule has 1 N–H and O–H groups in total. The number of hydrogen-bond donors (Lipinski definition) is 1. The number of imidazole rings is 1. The highest BCUT2D eigenvalue weighted by Gasteiger charge is 2.18. The Morgan fingerprint density at radius 2 is 2.22 bits per heavy atom. The van der Waals surface area contributed by atoms with Crippen LogP contribution in [0.25, 0.3) is 0 Å². The van der Waals surface area contributed by atoms with Gasteiger partial charge >= 0.3 is 0 Å². The molecular formula is C14H27N3O. The molecule has 1 aromatic heterocycles. The summed E-state index contributed by atoms with van der Waals surface area (Å²) in [6.45, 7) is 11.5. The zero-order valence-corrected chi connectivity index (χ0v) is 12.4. The topological polar surface area (TPSA) is 39.1 Å². The third-order valence-corrected chi connectivity index (χ3v) is 3.19. The number of nitrogens with one attached hydrogen (secondary N) is 1. The van der Waals surface area contributed by atoms with E-state index in [1.807, 2.05) is 19.3 Å². The summed E-state index contributed by atoms with van der Waals surface area (Å²) in [7, 11) is 1.76. The van der Waals surface area contributed by atoms with Crippen LogP contribution in [-0.4, -0.2) is 35.9 Å². The lowest BCUT2D eigenvalue weighted by molar-refractivity contribution is 0.101. The smallest absolute Gasteiger partial charge is 0.105 e. The molecule has 1 heterocycles. The zero-order chi connectivity index (χ0) is 13.6. The predicted octanol–water partition coefficient (Wildman–Crippen LogP) is 2.23. The first-order valence-corrected chi connectivity index (χ1v) is 6.65. The molecule has 4 nitrogen and oxygen atoms in total. The first-order chi connectivity index (χ1) is 8.44. The van der Waals surface area contributed by atoms with Crippen molar-refractivity contribution in [3.8, 4) is 0 Å². The quantitative estimate of drug-likeness (QED) is 0.772. The van der Waals surface area contributed by atoms with E-state index < -0.39 is 0 Å². The predicted molar refractivity (Wildman–Crippen MR) is 74.7 cm³/mol. The van der Waals surface area contributed by atoms with Crippen molar-refractivity contribution < 1.29 is 4.74 Å². The SMILES string of the molecule is COCC(C)(C)CN[C@H](C)CCn1ccnc1C. The van der Waals surface area contributed by atoms with Crippen LogP contribution < -0.4 is 5.32 Å². The summed E-state index contributed by atoms with van der Waals surface area (Å²) in [4.78, 5) is 4.23. The van der Waals surface area contributed by atoms with Gasteiger partial charge in [-0.3, -0.25) is 0 Å². The summed E-state index contributed by atoms with van der Waals surface area (Å²) in [6, 6.07) is 0.503. The Hall–Kier alpha value is -0.870. The molecule has 0 radical (unpaired) electrons. The molecule has 0 aliphatic carbocycles. The highest BCUT2D eigenvalue weighted by Crippen LogP contribution is 2.14. The van der Waals surface area contributed by atoms with Crippen LogP contribution in [0, 0.1) is 12.3 Å². The fraction of sp³-hybridized carbons (Fsp3) is 0.786. The largest absolute Gasteiger partial charge is 0.384 e. The van der Waals surface area contributed by atoms with Gasteiger partial charge in [-0.15, -0.1) is 0 Å². The van der Waals surface area contributed by atoms with E-state index in [-0.39, 0.29) is 5.41 Å². The maximum Gasteiger partial charge on any atom is 0.105 e. The minimum atomic E-state index is 0.188. The fourth-order valence-corrected chi connectivity index (χ4v) is 1.97. The Kier molecular flexibility index (Phi) is 5.82. The molecule has 104 valence electrons. The summed E-state index contributed by atoms with van der Waals surface area (Å²) in [5.41, 5.74) is 0.188. The Morgan fingerprint density at radius 3 is 2.78 bits per heavy atom. The summed E-state index contributed by atoms with van der Waals surface area (Å²) >= 11 is 0. The number of rotatable bonds is 8. The normalized spacial score (nSPS) is 13.8. The lowest BCUT2D eigenvalue weighted by Crippen LogP contribution is -2.38. The molecule has 1 atom stereocenters. The van der Waals surface area contributed by atoms with Gasteiger partial charge in [0.1, 0.15) is 5.82 Å². The van der Waals surface area contributed by atoms with Crippen molar-refractivity contribution in [2.24, 2.45) is 5.41 Å². The second-order valence-electron chi connectivity index (χ2n) is 5.84. The van der Waals surface area contributed by atoms with Crippen LogP contribution in [0.2, 0.25) is 0 Å². The molecule has 0 fully saturated rings. The van der Waals surface area contributed by atoms with Crippen LogP contribution in [0.4, 0.5) is 0 Å². The molecule has 0 amide bonds. The van der Waals surface area contributed by atoms with Crippen molar-refractivity contribution in [1.29, 1.82) is 0 Å². The van der Waals surface area contributed by atoms with Crippen molar-refractivity contribution in [1.82, 2.24) is 14.9 Å². The molecule has 0 aliphatic rings. The lowest BCUT2D eigenvalue weighted by atomic mass is 9.94. The Morgan fingerprint density at radius 1 is 1.50 bits per heavy atom. The minimum absolute atomic E-state index is 0.188. The molecular weight excluding hydrogens is 226 g/mol. The Labute approximate surface area is 111 Å². The lowest BCUT2D eigenvalue weighted by Gasteiger charge is -2.26. The van der Waals surface area contributed by atoms with Crippen molar-refractivity contribution in [2.45, 2.75) is 46.7 Å². The minimum Gasteiger partial charge on any atom is -0.384 e. The number of aromatic nitrogens is 2. The summed E-state index contributed by atoms with van der Waals surface area (Å²) in [6.07, 6.45) is 5.01. The number of hydrogen-bond acceptors (Lipinski definition) is 3. The molecule has 0 saturated carbocycles. The standard InChI is InChI=1S/C14H27N3O/c1-12(16-10-14(3,4)11-18-5)6-8-17-9-7-15-13(17)2/h7,9,12,16H,6,8,10-11H2,1-5H3/t12-/m1/s1. The molecule has 1 aromatic rings. The molecule has 0 aromatic carbocycles. The van der Waals surface area contributed by atoms with Gasteiger partial charge in [-0.2, -0.15) is 0 Å². The Balaban J connectivity index is 2.26. The number of methoxy groups -OCH3 is 1. The molecule has 0 bridgehead atoms. The average Bonchev–Trinajstić information content (AvgIpc) is 2.70. The maximum absolute atomic E-state index is 5.22. The van der Waals surface area contributed by atoms with E-state index in [0.29, 0.717) is 6.04 Å². The third-order valence-electron chi connectivity index (χ3n) is 3.19. The fourth-order valence-electron chi connectivity index (χ4n) is 1.97. The maximum atomic E-state index is 5.22. The van der Waals surface area contributed by atoms with Gasteiger partial charge < -0.3 is 14.6 Å². The van der Waals surface area contributed by atoms with Gasteiger partial charge in [0.25, 0.3) is 0 Å². The summed E-state index contributed by atoms with van der Waals surface area (Å²) < 4.78 is 7.41. The summed E-state index contributed by atoms with van der Waals surface area (Å²) in [5.74, 6) is 1.09. The molecule has 0 spiro atoms. The highest BCUT2D eigenvalue weighted by molar-refractivity contribution is 4.88. The van der Waals surface area contributed by atoms with E-state index >= 15 is 0 Å². The summed E-state index contributed by atoms with van der Waals surface area (Å²) in [5, 5.41) is 3.58. The van der Waals surface area contributed by atoms with Crippen LogP contribution in [0.3, 0.4) is 0 Å². The third kappa shape index (κ3) is 5.19. The second-order valence-corrected chi connectivity index (χ2v) is 5.84. The van der Waals surface area contributed by atoms with Gasteiger partial charge in [0.05, 0.1) is 6.61 Å². The molecule has 0 aliphatic heterocycles. The molecule has 18 heavy (non-hydrogen) atoms. The van der Waals surface area contributed by atoms with E-state index in [1.165, 1.54) is 0 Å². The van der Waals surface area contributed by atoms with Gasteiger partial charge in [0.2, 0.25) is 0 Å². The van der Waals surface area contributed by atoms with Gasteiger partial charge in [-0.1, -0.05) is 13.8 Å². The van der Waals surface area contributed by atoms with E-state index in [4.69, 9.17) is 4.74 Å². The first-order valence-electron chi connectivity index (χ1n) is 6.65. The Bertz CT molecular complexity index is 347. The molecule has 1 rings (SSSR count). The molecule has 0 saturated heterocycles. The van der Waals surface area contributed by atoms with E-state index in [0.717, 1.165) is 31.9 Å². The van der Waals surface area contributed by atoms with Crippen LogP contribution >= 0.6 is 0 Å². The van der Waals surface area contributed by atoms with Crippen LogP contribution in [0.5, 0.6) is 0 Å². The first kappa shape index (κ1) is 15.2. The van der Waals surface area contributed by atoms with Crippen LogP contribution in [0.1, 0.15) is 33.0 Å². The van der Waals surface area contributed by atoms with Gasteiger partial charge in [0.15, 0.2) is 0 Å². The number of aryl methyl sites for hydroxylation is 2. The van der Waals surface area contributed by atoms with E-state index in [2.05, 4.69) is 35.6 Å². The zero-order valence-electron chi connectivity index (χ0n) is 12.4. The molecule has 4 heteroatoms. The van der Waals surface area contributed by atoms with Gasteiger partial charge in [-0.25, -0.2) is 4.98 Å². The number of nitrogens with zero attached hydrogens (tertiary/aromatic N) is 2. The molecule has 0 unspecified atom stereocenters.